The Balaban J connectivity index is 2.70. The van der Waals surface area contributed by atoms with Crippen LogP contribution in [0.25, 0.3) is 10.9 Å². The summed E-state index contributed by atoms with van der Waals surface area (Å²) in [5, 5.41) is 19.9. The average molecular weight is 269 g/mol. The molecule has 0 spiro atoms. The predicted molar refractivity (Wildman–Crippen MR) is 63.8 cm³/mol. The maximum absolute atomic E-state index is 11.6. The number of hydrogen-bond donors (Lipinski definition) is 2. The SMILES string of the molecule is CCOC(=O)c1c(O)nc2cnc(Cl)cc2c1O. The van der Waals surface area contributed by atoms with Crippen LogP contribution in [0, 0.1) is 0 Å². The molecule has 94 valence electrons. The molecule has 2 aromatic heterocycles. The number of hydrogen-bond acceptors (Lipinski definition) is 6. The second kappa shape index (κ2) is 4.66. The molecule has 0 aromatic carbocycles. The molecule has 0 saturated carbocycles. The number of aromatic hydroxyl groups is 2. The van der Waals surface area contributed by atoms with E-state index in [1.165, 1.54) is 12.3 Å². The highest BCUT2D eigenvalue weighted by molar-refractivity contribution is 6.30. The van der Waals surface area contributed by atoms with Gasteiger partial charge in [-0.05, 0) is 13.0 Å². The van der Waals surface area contributed by atoms with Crippen LogP contribution in [0.2, 0.25) is 5.15 Å². The molecule has 0 aliphatic heterocycles. The number of ether oxygens (including phenoxy) is 1. The van der Waals surface area contributed by atoms with E-state index in [1.807, 2.05) is 0 Å². The Hall–Kier alpha value is -2.08. The van der Waals surface area contributed by atoms with Crippen molar-refractivity contribution in [3.05, 3.63) is 23.0 Å². The number of aromatic nitrogens is 2. The van der Waals surface area contributed by atoms with Crippen LogP contribution < -0.4 is 0 Å². The first-order chi connectivity index (χ1) is 8.54. The molecule has 0 aliphatic rings. The highest BCUT2D eigenvalue weighted by Gasteiger charge is 2.22. The summed E-state index contributed by atoms with van der Waals surface area (Å²) in [5.74, 6) is -1.89. The van der Waals surface area contributed by atoms with E-state index in [1.54, 1.807) is 6.92 Å². The van der Waals surface area contributed by atoms with Crippen LogP contribution in [-0.4, -0.2) is 32.8 Å². The van der Waals surface area contributed by atoms with Crippen molar-refractivity contribution in [3.63, 3.8) is 0 Å². The summed E-state index contributed by atoms with van der Waals surface area (Å²) in [6, 6.07) is 1.35. The minimum absolute atomic E-state index is 0.118. The van der Waals surface area contributed by atoms with Gasteiger partial charge < -0.3 is 14.9 Å². The zero-order valence-corrected chi connectivity index (χ0v) is 10.1. The molecule has 2 heterocycles. The van der Waals surface area contributed by atoms with E-state index in [4.69, 9.17) is 16.3 Å². The van der Waals surface area contributed by atoms with Gasteiger partial charge in [-0.3, -0.25) is 0 Å². The van der Waals surface area contributed by atoms with E-state index >= 15 is 0 Å². The largest absolute Gasteiger partial charge is 0.506 e. The van der Waals surface area contributed by atoms with Gasteiger partial charge >= 0.3 is 5.97 Å². The lowest BCUT2D eigenvalue weighted by Gasteiger charge is -2.08. The van der Waals surface area contributed by atoms with Crippen molar-refractivity contribution in [2.45, 2.75) is 6.92 Å². The first-order valence-electron chi connectivity index (χ1n) is 5.09. The molecule has 2 N–H and O–H groups in total. The van der Waals surface area contributed by atoms with Gasteiger partial charge in [-0.1, -0.05) is 11.6 Å². The van der Waals surface area contributed by atoms with Crippen LogP contribution in [0.4, 0.5) is 0 Å². The summed E-state index contributed by atoms with van der Waals surface area (Å²) in [6.07, 6.45) is 1.28. The van der Waals surface area contributed by atoms with Crippen molar-refractivity contribution >= 4 is 28.5 Å². The lowest BCUT2D eigenvalue weighted by atomic mass is 10.1. The standard InChI is InChI=1S/C11H9ClN2O4/c1-2-18-11(17)8-9(15)5-3-7(12)13-4-6(5)14-10(8)16/h3-4H,2H2,1H3,(H2,14,15,16). The van der Waals surface area contributed by atoms with E-state index in [2.05, 4.69) is 9.97 Å². The molecule has 7 heteroatoms. The van der Waals surface area contributed by atoms with Crippen molar-refractivity contribution in [1.82, 2.24) is 9.97 Å². The third-order valence-electron chi connectivity index (χ3n) is 2.27. The van der Waals surface area contributed by atoms with Gasteiger partial charge in [0.1, 0.15) is 10.9 Å². The molecular weight excluding hydrogens is 260 g/mol. The fourth-order valence-electron chi connectivity index (χ4n) is 1.50. The van der Waals surface area contributed by atoms with Gasteiger partial charge in [0.25, 0.3) is 0 Å². The minimum Gasteiger partial charge on any atom is -0.506 e. The average Bonchev–Trinajstić information content (AvgIpc) is 2.31. The smallest absolute Gasteiger partial charge is 0.347 e. The quantitative estimate of drug-likeness (QED) is 0.638. The lowest BCUT2D eigenvalue weighted by molar-refractivity contribution is 0.0519. The van der Waals surface area contributed by atoms with E-state index in [9.17, 15) is 15.0 Å². The summed E-state index contributed by atoms with van der Waals surface area (Å²) in [4.78, 5) is 19.1. The van der Waals surface area contributed by atoms with Crippen LogP contribution in [0.15, 0.2) is 12.3 Å². The number of carbonyl (C=O) groups excluding carboxylic acids is 1. The summed E-state index contributed by atoms with van der Waals surface area (Å²) in [5.41, 5.74) is -0.158. The van der Waals surface area contributed by atoms with E-state index in [-0.39, 0.29) is 28.2 Å². The number of nitrogens with zero attached hydrogens (tertiary/aromatic N) is 2. The van der Waals surface area contributed by atoms with E-state index < -0.39 is 17.6 Å². The molecular formula is C11H9ClN2O4. The Kier molecular flexibility index (Phi) is 3.20. The summed E-state index contributed by atoms with van der Waals surface area (Å²) in [6.45, 7) is 1.73. The van der Waals surface area contributed by atoms with Crippen molar-refractivity contribution < 1.29 is 19.7 Å². The van der Waals surface area contributed by atoms with Crippen LogP contribution in [0.5, 0.6) is 11.6 Å². The van der Waals surface area contributed by atoms with Gasteiger partial charge in [0, 0.05) is 5.39 Å². The maximum atomic E-state index is 11.6. The second-order valence-corrected chi connectivity index (χ2v) is 3.79. The molecule has 2 aromatic rings. The van der Waals surface area contributed by atoms with Gasteiger partial charge in [-0.2, -0.15) is 0 Å². The Bertz CT molecular complexity index is 630. The van der Waals surface area contributed by atoms with Crippen LogP contribution in [-0.2, 0) is 4.74 Å². The molecule has 0 aliphatic carbocycles. The number of rotatable bonds is 2. The zero-order valence-electron chi connectivity index (χ0n) is 9.35. The molecule has 0 unspecified atom stereocenters. The molecule has 0 fully saturated rings. The van der Waals surface area contributed by atoms with Crippen molar-refractivity contribution in [2.75, 3.05) is 6.61 Å². The molecule has 0 saturated heterocycles. The molecule has 0 bridgehead atoms. The second-order valence-electron chi connectivity index (χ2n) is 3.40. The highest BCUT2D eigenvalue weighted by atomic mass is 35.5. The number of fused-ring (bicyclic) bond motifs is 1. The molecule has 0 radical (unpaired) electrons. The lowest BCUT2D eigenvalue weighted by Crippen LogP contribution is -2.06. The van der Waals surface area contributed by atoms with E-state index in [0.29, 0.717) is 0 Å². The predicted octanol–water partition coefficient (Wildman–Crippen LogP) is 1.87. The summed E-state index contributed by atoms with van der Waals surface area (Å²) in [7, 11) is 0. The van der Waals surface area contributed by atoms with Gasteiger partial charge in [-0.25, -0.2) is 14.8 Å². The fourth-order valence-corrected chi connectivity index (χ4v) is 1.66. The normalized spacial score (nSPS) is 10.6. The third-order valence-corrected chi connectivity index (χ3v) is 2.48. The molecule has 0 amide bonds. The van der Waals surface area contributed by atoms with Crippen LogP contribution in [0.3, 0.4) is 0 Å². The molecule has 6 nitrogen and oxygen atoms in total. The van der Waals surface area contributed by atoms with Crippen molar-refractivity contribution in [2.24, 2.45) is 0 Å². The number of esters is 1. The van der Waals surface area contributed by atoms with E-state index in [0.717, 1.165) is 0 Å². The monoisotopic (exact) mass is 268 g/mol. The van der Waals surface area contributed by atoms with Gasteiger partial charge in [0.15, 0.2) is 5.56 Å². The zero-order chi connectivity index (χ0) is 13.3. The number of carbonyl (C=O) groups is 1. The molecule has 18 heavy (non-hydrogen) atoms. The maximum Gasteiger partial charge on any atom is 0.347 e. The van der Waals surface area contributed by atoms with Crippen molar-refractivity contribution in [1.29, 1.82) is 0 Å². The number of pyridine rings is 2. The highest BCUT2D eigenvalue weighted by Crippen LogP contribution is 2.34. The molecule has 2 rings (SSSR count). The first-order valence-corrected chi connectivity index (χ1v) is 5.46. The Morgan fingerprint density at radius 3 is 2.89 bits per heavy atom. The number of halogens is 1. The summed E-state index contributed by atoms with van der Waals surface area (Å²) >= 11 is 5.69. The first kappa shape index (κ1) is 12.4. The Labute approximate surface area is 107 Å². The Morgan fingerprint density at radius 1 is 1.50 bits per heavy atom. The van der Waals surface area contributed by atoms with Crippen LogP contribution >= 0.6 is 11.6 Å². The fraction of sp³-hybridized carbons (Fsp3) is 0.182. The third kappa shape index (κ3) is 2.02. The Morgan fingerprint density at radius 2 is 2.22 bits per heavy atom. The topological polar surface area (TPSA) is 92.5 Å². The van der Waals surface area contributed by atoms with Gasteiger partial charge in [0.05, 0.1) is 18.3 Å². The molecule has 0 atom stereocenters. The van der Waals surface area contributed by atoms with Crippen molar-refractivity contribution in [3.8, 4) is 11.6 Å². The minimum atomic E-state index is -0.852. The van der Waals surface area contributed by atoms with Gasteiger partial charge in [-0.15, -0.1) is 0 Å². The van der Waals surface area contributed by atoms with Gasteiger partial charge in [0.2, 0.25) is 5.88 Å². The summed E-state index contributed by atoms with van der Waals surface area (Å²) < 4.78 is 4.72. The van der Waals surface area contributed by atoms with Crippen LogP contribution in [0.1, 0.15) is 17.3 Å².